The molecular formula is C13H16ClN3O10Y. The maximum atomic E-state index is 10.2. The number of non-ortho nitro benzene ring substituents is 1. The van der Waals surface area contributed by atoms with Crippen LogP contribution in [0, 0.1) is 20.2 Å². The summed E-state index contributed by atoms with van der Waals surface area (Å²) in [6.45, 7) is 1.27. The largest absolute Gasteiger partial charge is 0.505 e. The summed E-state index contributed by atoms with van der Waals surface area (Å²) < 4.78 is 8.83. The zero-order valence-electron chi connectivity index (χ0n) is 14.2. The normalized spacial score (nSPS) is 14.0. The molecule has 0 aromatic heterocycles. The molecular weight excluding hydrogens is 483 g/mol. The minimum absolute atomic E-state index is 0. The molecule has 0 spiro atoms. The van der Waals surface area contributed by atoms with Gasteiger partial charge >= 0.3 is 11.6 Å². The van der Waals surface area contributed by atoms with Crippen molar-refractivity contribution >= 4 is 28.9 Å². The maximum Gasteiger partial charge on any atom is 0.505 e. The molecule has 1 aromatic rings. The first kappa shape index (κ1) is 28.1. The number of hydrogen-bond donors (Lipinski definition) is 3. The molecule has 1 aliphatic rings. The monoisotopic (exact) mass is 498 g/mol. The van der Waals surface area contributed by atoms with E-state index in [-0.39, 0.29) is 56.8 Å². The van der Waals surface area contributed by atoms with Gasteiger partial charge in [-0.1, -0.05) is 0 Å². The van der Waals surface area contributed by atoms with Gasteiger partial charge in [0.25, 0.3) is 10.8 Å². The van der Waals surface area contributed by atoms with E-state index in [2.05, 4.69) is 14.8 Å². The number of carbonyl (C=O) groups excluding carboxylic acids is 1. The van der Waals surface area contributed by atoms with Gasteiger partial charge in [0, 0.05) is 62.5 Å². The standard InChI is InChI=1S/C7H4ClNO4.C6H11NO3.HNO3.Y/c8-7(10)13-6-3-1-5(2-4-6)9(11)12;8-6(9)10-4-5-2-1-3-7-5;2-1(3)4;/h1-4H;5,7H,1-4H2,(H,8,9);(H,2,3,4);. The van der Waals surface area contributed by atoms with Gasteiger partial charge in [-0.25, -0.2) is 9.59 Å². The van der Waals surface area contributed by atoms with Crippen LogP contribution in [0.5, 0.6) is 5.75 Å². The minimum atomic E-state index is -1.50. The first-order valence-corrected chi connectivity index (χ1v) is 7.53. The Morgan fingerprint density at radius 3 is 2.14 bits per heavy atom. The molecule has 13 nitrogen and oxygen atoms in total. The number of nitro benzene ring substituents is 1. The van der Waals surface area contributed by atoms with E-state index in [1.54, 1.807) is 0 Å². The maximum absolute atomic E-state index is 10.2. The minimum Gasteiger partial charge on any atom is -0.450 e. The Morgan fingerprint density at radius 2 is 1.79 bits per heavy atom. The molecule has 1 aromatic carbocycles. The Labute approximate surface area is 188 Å². The zero-order valence-corrected chi connectivity index (χ0v) is 17.8. The molecule has 1 fully saturated rings. The SMILES string of the molecule is O=C(Cl)Oc1ccc([N+](=O)[O-])cc1.O=C(O)OCC1CCCN1.O=[N+]([O-])O.[Y]. The summed E-state index contributed by atoms with van der Waals surface area (Å²) in [7, 11) is 0. The van der Waals surface area contributed by atoms with Crippen LogP contribution < -0.4 is 10.1 Å². The van der Waals surface area contributed by atoms with E-state index < -0.39 is 21.6 Å². The smallest absolute Gasteiger partial charge is 0.450 e. The third-order valence-corrected chi connectivity index (χ3v) is 2.89. The quantitative estimate of drug-likeness (QED) is 0.239. The fraction of sp³-hybridized carbons (Fsp3) is 0.385. The first-order chi connectivity index (χ1) is 12.6. The van der Waals surface area contributed by atoms with Crippen molar-refractivity contribution in [3.63, 3.8) is 0 Å². The van der Waals surface area contributed by atoms with Crippen molar-refractivity contribution in [1.29, 1.82) is 0 Å². The third kappa shape index (κ3) is 16.1. The Bertz CT molecular complexity index is 636. The van der Waals surface area contributed by atoms with Gasteiger partial charge < -0.3 is 25.1 Å². The van der Waals surface area contributed by atoms with Gasteiger partial charge in [-0.05, 0) is 31.5 Å². The third-order valence-electron chi connectivity index (χ3n) is 2.82. The predicted molar refractivity (Wildman–Crippen MR) is 88.8 cm³/mol. The van der Waals surface area contributed by atoms with Gasteiger partial charge in [0.2, 0.25) is 0 Å². The van der Waals surface area contributed by atoms with Crippen LogP contribution in [-0.4, -0.2) is 51.1 Å². The van der Waals surface area contributed by atoms with Crippen LogP contribution in [0.3, 0.4) is 0 Å². The van der Waals surface area contributed by atoms with Crippen LogP contribution >= 0.6 is 11.6 Å². The topological polar surface area (TPSA) is 191 Å². The number of ether oxygens (including phenoxy) is 2. The number of nitrogens with one attached hydrogen (secondary N) is 1. The number of nitro groups is 1. The second kappa shape index (κ2) is 15.9. The second-order valence-electron chi connectivity index (χ2n) is 4.70. The number of benzene rings is 1. The van der Waals surface area contributed by atoms with Crippen molar-refractivity contribution in [3.05, 3.63) is 44.5 Å². The van der Waals surface area contributed by atoms with Crippen LogP contribution in [-0.2, 0) is 37.4 Å². The molecule has 1 aliphatic heterocycles. The fourth-order valence-electron chi connectivity index (χ4n) is 1.80. The molecule has 0 amide bonds. The van der Waals surface area contributed by atoms with E-state index in [0.29, 0.717) is 0 Å². The molecule has 153 valence electrons. The number of hydrogen-bond acceptors (Lipinski definition) is 9. The van der Waals surface area contributed by atoms with Gasteiger partial charge in [-0.15, -0.1) is 10.1 Å². The molecule has 28 heavy (non-hydrogen) atoms. The van der Waals surface area contributed by atoms with Gasteiger partial charge in [-0.2, -0.15) is 0 Å². The van der Waals surface area contributed by atoms with E-state index in [1.165, 1.54) is 24.3 Å². The summed E-state index contributed by atoms with van der Waals surface area (Å²) in [6.07, 6.45) is 0.953. The molecule has 3 N–H and O–H groups in total. The summed E-state index contributed by atoms with van der Waals surface area (Å²) in [4.78, 5) is 38.2. The number of carboxylic acid groups (broad SMARTS) is 1. The van der Waals surface area contributed by atoms with Crippen LogP contribution in [0.1, 0.15) is 12.8 Å². The number of carbonyl (C=O) groups is 2. The first-order valence-electron chi connectivity index (χ1n) is 7.16. The molecule has 0 bridgehead atoms. The van der Waals surface area contributed by atoms with Crippen LogP contribution in [0.2, 0.25) is 0 Å². The van der Waals surface area contributed by atoms with Crippen molar-refractivity contribution in [2.24, 2.45) is 0 Å². The van der Waals surface area contributed by atoms with E-state index in [1.807, 2.05) is 0 Å². The van der Waals surface area contributed by atoms with Crippen LogP contribution in [0.4, 0.5) is 15.3 Å². The van der Waals surface area contributed by atoms with Gasteiger partial charge in [0.1, 0.15) is 12.4 Å². The predicted octanol–water partition coefficient (Wildman–Crippen LogP) is 2.42. The molecule has 2 rings (SSSR count). The molecule has 1 heterocycles. The number of nitrogens with zero attached hydrogens (tertiary/aromatic N) is 2. The number of rotatable bonds is 4. The number of halogens is 1. The van der Waals surface area contributed by atoms with Crippen molar-refractivity contribution in [3.8, 4) is 5.75 Å². The van der Waals surface area contributed by atoms with E-state index >= 15 is 0 Å². The summed E-state index contributed by atoms with van der Waals surface area (Å²) in [5, 5.41) is 35.1. The average Bonchev–Trinajstić information content (AvgIpc) is 3.06. The molecule has 1 saturated heterocycles. The Balaban J connectivity index is 0. The second-order valence-corrected chi connectivity index (χ2v) is 5.01. The van der Waals surface area contributed by atoms with E-state index in [4.69, 9.17) is 32.0 Å². The van der Waals surface area contributed by atoms with E-state index in [9.17, 15) is 19.7 Å². The zero-order chi connectivity index (χ0) is 20.8. The molecule has 1 unspecified atom stereocenters. The Morgan fingerprint density at radius 1 is 1.25 bits per heavy atom. The molecule has 0 saturated carbocycles. The fourth-order valence-corrected chi connectivity index (χ4v) is 1.89. The van der Waals surface area contributed by atoms with Gasteiger partial charge in [0.05, 0.1) is 4.92 Å². The van der Waals surface area contributed by atoms with Crippen molar-refractivity contribution < 1.29 is 72.1 Å². The van der Waals surface area contributed by atoms with Crippen LogP contribution in [0.15, 0.2) is 24.3 Å². The van der Waals surface area contributed by atoms with Crippen molar-refractivity contribution in [2.75, 3.05) is 13.2 Å². The molecule has 15 heteroatoms. The average molecular weight is 499 g/mol. The Kier molecular flexibility index (Phi) is 16.0. The Hall–Kier alpha value is -2.09. The van der Waals surface area contributed by atoms with E-state index in [0.717, 1.165) is 19.4 Å². The summed E-state index contributed by atoms with van der Waals surface area (Å²) in [5.41, 5.74) is -1.05. The summed E-state index contributed by atoms with van der Waals surface area (Å²) >= 11 is 4.92. The summed E-state index contributed by atoms with van der Waals surface area (Å²) in [6, 6.07) is 5.26. The molecule has 0 aliphatic carbocycles. The molecule has 1 radical (unpaired) electrons. The summed E-state index contributed by atoms with van der Waals surface area (Å²) in [5.74, 6) is 0.172. The van der Waals surface area contributed by atoms with Gasteiger partial charge in [-0.3, -0.25) is 10.1 Å². The molecule has 1 atom stereocenters. The van der Waals surface area contributed by atoms with Crippen molar-refractivity contribution in [2.45, 2.75) is 18.9 Å². The van der Waals surface area contributed by atoms with Crippen molar-refractivity contribution in [1.82, 2.24) is 5.32 Å². The van der Waals surface area contributed by atoms with Crippen LogP contribution in [0.25, 0.3) is 0 Å². The van der Waals surface area contributed by atoms with Gasteiger partial charge in [0.15, 0.2) is 0 Å².